The topological polar surface area (TPSA) is 55.4 Å². The number of anilines is 1. The van der Waals surface area contributed by atoms with Crippen LogP contribution in [0, 0.1) is 6.07 Å². The van der Waals surface area contributed by atoms with Gasteiger partial charge in [0.25, 0.3) is 5.91 Å². The van der Waals surface area contributed by atoms with E-state index in [2.05, 4.69) is 11.4 Å². The van der Waals surface area contributed by atoms with Crippen LogP contribution in [-0.2, 0) is 4.74 Å². The van der Waals surface area contributed by atoms with Crippen molar-refractivity contribution in [2.45, 2.75) is 6.92 Å². The molecule has 0 fully saturated rings. The molecule has 0 aliphatic rings. The van der Waals surface area contributed by atoms with Crippen LogP contribution in [0.1, 0.15) is 27.6 Å². The molecule has 1 amide bonds. The highest BCUT2D eigenvalue weighted by Gasteiger charge is 2.08. The molecule has 0 saturated carbocycles. The van der Waals surface area contributed by atoms with Gasteiger partial charge < -0.3 is 10.1 Å². The van der Waals surface area contributed by atoms with Gasteiger partial charge in [-0.3, -0.25) is 4.79 Å². The molecule has 0 spiro atoms. The second-order valence-electron chi connectivity index (χ2n) is 4.04. The lowest BCUT2D eigenvalue weighted by molar-refractivity contribution is 0.0526. The van der Waals surface area contributed by atoms with Crippen molar-refractivity contribution in [3.05, 3.63) is 65.7 Å². The average Bonchev–Trinajstić information content (AvgIpc) is 2.49. The molecule has 0 saturated heterocycles. The first kappa shape index (κ1) is 13.8. The Bertz CT molecular complexity index is 591. The Kier molecular flexibility index (Phi) is 4.50. The lowest BCUT2D eigenvalue weighted by Gasteiger charge is -2.06. The van der Waals surface area contributed by atoms with Crippen LogP contribution >= 0.6 is 0 Å². The fourth-order valence-corrected chi connectivity index (χ4v) is 1.65. The number of ether oxygens (including phenoxy) is 1. The molecule has 0 aliphatic heterocycles. The summed E-state index contributed by atoms with van der Waals surface area (Å²) in [4.78, 5) is 23.4. The zero-order valence-electron chi connectivity index (χ0n) is 11.1. The van der Waals surface area contributed by atoms with Crippen LogP contribution < -0.4 is 5.32 Å². The molecule has 4 nitrogen and oxygen atoms in total. The summed E-state index contributed by atoms with van der Waals surface area (Å²) in [5, 5.41) is 2.75. The van der Waals surface area contributed by atoms with Gasteiger partial charge in [-0.1, -0.05) is 12.1 Å². The Morgan fingerprint density at radius 1 is 1.05 bits per heavy atom. The zero-order chi connectivity index (χ0) is 14.4. The van der Waals surface area contributed by atoms with Crippen molar-refractivity contribution in [3.63, 3.8) is 0 Å². The molecule has 1 radical (unpaired) electrons. The molecular weight excluding hydrogens is 254 g/mol. The van der Waals surface area contributed by atoms with Crippen LogP contribution in [0.3, 0.4) is 0 Å². The quantitative estimate of drug-likeness (QED) is 0.867. The highest BCUT2D eigenvalue weighted by atomic mass is 16.5. The molecule has 0 bridgehead atoms. The predicted octanol–water partition coefficient (Wildman–Crippen LogP) is 2.92. The predicted molar refractivity (Wildman–Crippen MR) is 75.6 cm³/mol. The summed E-state index contributed by atoms with van der Waals surface area (Å²) in [6, 6.07) is 16.1. The summed E-state index contributed by atoms with van der Waals surface area (Å²) < 4.78 is 4.89. The first-order valence-corrected chi connectivity index (χ1v) is 6.25. The highest BCUT2D eigenvalue weighted by Crippen LogP contribution is 2.12. The van der Waals surface area contributed by atoms with E-state index in [1.54, 1.807) is 55.5 Å². The van der Waals surface area contributed by atoms with Crippen LogP contribution in [-0.4, -0.2) is 18.5 Å². The lowest BCUT2D eigenvalue weighted by Crippen LogP contribution is -2.12. The monoisotopic (exact) mass is 268 g/mol. The molecule has 0 aliphatic carbocycles. The zero-order valence-corrected chi connectivity index (χ0v) is 11.1. The number of carbonyl (C=O) groups excluding carboxylic acids is 2. The maximum absolute atomic E-state index is 11.9. The first-order chi connectivity index (χ1) is 9.70. The van der Waals surface area contributed by atoms with Crippen molar-refractivity contribution in [3.8, 4) is 0 Å². The summed E-state index contributed by atoms with van der Waals surface area (Å²) >= 11 is 0. The third kappa shape index (κ3) is 3.45. The second kappa shape index (κ2) is 6.52. The Balaban J connectivity index is 2.04. The number of carbonyl (C=O) groups is 2. The maximum Gasteiger partial charge on any atom is 0.338 e. The van der Waals surface area contributed by atoms with Gasteiger partial charge in [0.15, 0.2) is 0 Å². The Morgan fingerprint density at radius 3 is 2.30 bits per heavy atom. The van der Waals surface area contributed by atoms with E-state index in [1.165, 1.54) is 0 Å². The Labute approximate surface area is 117 Å². The standard InChI is InChI=1S/C16H14NO3/c1-2-20-16(19)13-8-10-14(11-9-13)17-15(18)12-6-4-3-5-7-12/h4-11H,2H2,1H3,(H,17,18). The summed E-state index contributed by atoms with van der Waals surface area (Å²) in [5.74, 6) is -0.577. The first-order valence-electron chi connectivity index (χ1n) is 6.25. The van der Waals surface area contributed by atoms with Gasteiger partial charge in [-0.05, 0) is 49.4 Å². The normalized spacial score (nSPS) is 9.85. The third-order valence-electron chi connectivity index (χ3n) is 2.63. The van der Waals surface area contributed by atoms with E-state index in [1.807, 2.05) is 0 Å². The van der Waals surface area contributed by atoms with Gasteiger partial charge in [0, 0.05) is 11.3 Å². The molecule has 101 valence electrons. The fraction of sp³-hybridized carbons (Fsp3) is 0.125. The van der Waals surface area contributed by atoms with E-state index in [4.69, 9.17) is 4.74 Å². The summed E-state index contributed by atoms with van der Waals surface area (Å²) in [5.41, 5.74) is 1.63. The smallest absolute Gasteiger partial charge is 0.338 e. The summed E-state index contributed by atoms with van der Waals surface area (Å²) in [6.45, 7) is 2.09. The van der Waals surface area contributed by atoms with Crippen LogP contribution in [0.25, 0.3) is 0 Å². The number of benzene rings is 2. The largest absolute Gasteiger partial charge is 0.462 e. The minimum Gasteiger partial charge on any atom is -0.462 e. The number of nitrogens with one attached hydrogen (secondary N) is 1. The molecule has 0 atom stereocenters. The van der Waals surface area contributed by atoms with Gasteiger partial charge in [0.1, 0.15) is 0 Å². The maximum atomic E-state index is 11.9. The molecule has 2 aromatic carbocycles. The Morgan fingerprint density at radius 2 is 1.70 bits per heavy atom. The van der Waals surface area contributed by atoms with Crippen molar-refractivity contribution in [1.29, 1.82) is 0 Å². The molecule has 0 aromatic heterocycles. The molecule has 0 unspecified atom stereocenters. The number of hydrogen-bond acceptors (Lipinski definition) is 3. The van der Waals surface area contributed by atoms with Crippen molar-refractivity contribution < 1.29 is 14.3 Å². The van der Waals surface area contributed by atoms with E-state index in [0.717, 1.165) is 0 Å². The number of esters is 1. The van der Waals surface area contributed by atoms with E-state index in [-0.39, 0.29) is 11.9 Å². The number of hydrogen-bond donors (Lipinski definition) is 1. The van der Waals surface area contributed by atoms with Gasteiger partial charge in [0.2, 0.25) is 0 Å². The summed E-state index contributed by atoms with van der Waals surface area (Å²) in [6.07, 6.45) is 0. The molecule has 1 N–H and O–H groups in total. The molecule has 0 heterocycles. The van der Waals surface area contributed by atoms with Crippen LogP contribution in [0.2, 0.25) is 0 Å². The van der Waals surface area contributed by atoms with E-state index >= 15 is 0 Å². The molecule has 2 rings (SSSR count). The molecule has 20 heavy (non-hydrogen) atoms. The van der Waals surface area contributed by atoms with Gasteiger partial charge in [-0.25, -0.2) is 4.79 Å². The van der Waals surface area contributed by atoms with Gasteiger partial charge in [0.05, 0.1) is 12.2 Å². The molecule has 2 aromatic rings. The fourth-order valence-electron chi connectivity index (χ4n) is 1.65. The van der Waals surface area contributed by atoms with Crippen LogP contribution in [0.4, 0.5) is 5.69 Å². The average molecular weight is 268 g/mol. The van der Waals surface area contributed by atoms with Crippen LogP contribution in [0.5, 0.6) is 0 Å². The minimum atomic E-state index is -0.371. The van der Waals surface area contributed by atoms with Crippen molar-refractivity contribution in [1.82, 2.24) is 0 Å². The SMILES string of the molecule is CCOC(=O)c1ccc(NC(=O)c2cc[c]cc2)cc1. The van der Waals surface area contributed by atoms with E-state index < -0.39 is 0 Å². The number of amides is 1. The van der Waals surface area contributed by atoms with Crippen molar-refractivity contribution >= 4 is 17.6 Å². The third-order valence-corrected chi connectivity index (χ3v) is 2.63. The second-order valence-corrected chi connectivity index (χ2v) is 4.04. The van der Waals surface area contributed by atoms with Crippen molar-refractivity contribution in [2.24, 2.45) is 0 Å². The number of rotatable bonds is 4. The lowest BCUT2D eigenvalue weighted by atomic mass is 10.2. The Hall–Kier alpha value is -2.62. The summed E-state index contributed by atoms with van der Waals surface area (Å²) in [7, 11) is 0. The molecule has 4 heteroatoms. The van der Waals surface area contributed by atoms with Gasteiger partial charge >= 0.3 is 5.97 Å². The van der Waals surface area contributed by atoms with Gasteiger partial charge in [-0.2, -0.15) is 0 Å². The molecular formula is C16H14NO3. The minimum absolute atomic E-state index is 0.206. The highest BCUT2D eigenvalue weighted by molar-refractivity contribution is 6.04. The van der Waals surface area contributed by atoms with Crippen LogP contribution in [0.15, 0.2) is 48.5 Å². The van der Waals surface area contributed by atoms with E-state index in [0.29, 0.717) is 23.4 Å². The van der Waals surface area contributed by atoms with E-state index in [9.17, 15) is 9.59 Å². The van der Waals surface area contributed by atoms with Gasteiger partial charge in [-0.15, -0.1) is 0 Å². The van der Waals surface area contributed by atoms with Crippen molar-refractivity contribution in [2.75, 3.05) is 11.9 Å².